The molecule has 126 valence electrons. The van der Waals surface area contributed by atoms with Gasteiger partial charge in [-0.3, -0.25) is 4.99 Å². The quantitative estimate of drug-likeness (QED) is 0.788. The van der Waals surface area contributed by atoms with Crippen LogP contribution in [0.3, 0.4) is 0 Å². The first-order valence-corrected chi connectivity index (χ1v) is 9.98. The molecule has 1 aromatic rings. The van der Waals surface area contributed by atoms with Crippen LogP contribution in [0.1, 0.15) is 74.1 Å². The van der Waals surface area contributed by atoms with Crippen LogP contribution in [-0.2, 0) is 13.0 Å². The summed E-state index contributed by atoms with van der Waals surface area (Å²) < 4.78 is 0. The van der Waals surface area contributed by atoms with E-state index in [0.29, 0.717) is 12.0 Å². The largest absolute Gasteiger partial charge is 0.310 e. The average Bonchev–Trinajstić information content (AvgIpc) is 3.27. The van der Waals surface area contributed by atoms with E-state index in [4.69, 9.17) is 4.99 Å². The predicted molar refractivity (Wildman–Crippen MR) is 99.5 cm³/mol. The van der Waals surface area contributed by atoms with Crippen LogP contribution in [-0.4, -0.2) is 12.3 Å². The normalized spacial score (nSPS) is 28.8. The Balaban J connectivity index is 1.37. The van der Waals surface area contributed by atoms with E-state index < -0.39 is 0 Å². The molecule has 1 aliphatic heterocycles. The molecule has 5 rings (SSSR count). The molecule has 24 heavy (non-hydrogen) atoms. The molecule has 2 atom stereocenters. The summed E-state index contributed by atoms with van der Waals surface area (Å²) in [6, 6.07) is 8.24. The summed E-state index contributed by atoms with van der Waals surface area (Å²) in [7, 11) is 0. The molecule has 1 aromatic carbocycles. The van der Waals surface area contributed by atoms with Gasteiger partial charge in [0.2, 0.25) is 0 Å². The number of rotatable bonds is 3. The third kappa shape index (κ3) is 2.56. The highest BCUT2D eigenvalue weighted by atomic mass is 14.9. The molecule has 1 heterocycles. The van der Waals surface area contributed by atoms with Gasteiger partial charge in [-0.25, -0.2) is 0 Å². The maximum Gasteiger partial charge on any atom is 0.0964 e. The summed E-state index contributed by atoms with van der Waals surface area (Å²) in [5.74, 6) is 0.655. The van der Waals surface area contributed by atoms with Gasteiger partial charge < -0.3 is 5.32 Å². The third-order valence-electron chi connectivity index (χ3n) is 6.65. The first-order chi connectivity index (χ1) is 11.9. The van der Waals surface area contributed by atoms with Gasteiger partial charge in [0.15, 0.2) is 0 Å². The molecule has 0 amide bonds. The zero-order valence-electron chi connectivity index (χ0n) is 14.6. The fourth-order valence-electron chi connectivity index (χ4n) is 5.32. The van der Waals surface area contributed by atoms with Crippen molar-refractivity contribution in [3.63, 3.8) is 0 Å². The van der Waals surface area contributed by atoms with Crippen LogP contribution < -0.4 is 5.32 Å². The van der Waals surface area contributed by atoms with Crippen molar-refractivity contribution in [2.24, 2.45) is 10.9 Å². The van der Waals surface area contributed by atoms with Crippen LogP contribution in [0.15, 0.2) is 34.3 Å². The fourth-order valence-corrected chi connectivity index (χ4v) is 5.32. The maximum atomic E-state index is 4.96. The highest BCUT2D eigenvalue weighted by Gasteiger charge is 2.34. The Labute approximate surface area is 145 Å². The van der Waals surface area contributed by atoms with E-state index in [1.54, 1.807) is 11.1 Å². The number of benzene rings is 1. The van der Waals surface area contributed by atoms with Gasteiger partial charge in [-0.2, -0.15) is 0 Å². The van der Waals surface area contributed by atoms with Crippen molar-refractivity contribution in [2.75, 3.05) is 0 Å². The van der Waals surface area contributed by atoms with E-state index in [2.05, 4.69) is 29.7 Å². The summed E-state index contributed by atoms with van der Waals surface area (Å²) in [5, 5.41) is 3.76. The molecule has 0 bridgehead atoms. The first kappa shape index (κ1) is 14.9. The van der Waals surface area contributed by atoms with Gasteiger partial charge in [0.25, 0.3) is 0 Å². The number of hydrogen-bond acceptors (Lipinski definition) is 2. The number of nitrogens with zero attached hydrogens (tertiary/aromatic N) is 1. The molecular formula is C22H28N2. The molecule has 0 saturated heterocycles. The Morgan fingerprint density at radius 3 is 2.79 bits per heavy atom. The summed E-state index contributed by atoms with van der Waals surface area (Å²) >= 11 is 0. The number of allylic oxidation sites excluding steroid dienone is 1. The number of dihydropyridines is 1. The second-order valence-electron chi connectivity index (χ2n) is 8.18. The number of aliphatic imine (C=N–C) groups is 1. The van der Waals surface area contributed by atoms with Gasteiger partial charge in [-0.1, -0.05) is 43.0 Å². The Morgan fingerprint density at radius 1 is 1.00 bits per heavy atom. The lowest BCUT2D eigenvalue weighted by molar-refractivity contribution is 0.522. The van der Waals surface area contributed by atoms with Crippen molar-refractivity contribution in [1.82, 2.24) is 5.32 Å². The van der Waals surface area contributed by atoms with Gasteiger partial charge in [0.1, 0.15) is 0 Å². The molecule has 4 aliphatic rings. The maximum absolute atomic E-state index is 4.96. The topological polar surface area (TPSA) is 24.4 Å². The molecule has 0 aromatic heterocycles. The predicted octanol–water partition coefficient (Wildman–Crippen LogP) is 4.89. The summed E-state index contributed by atoms with van der Waals surface area (Å²) in [6.07, 6.45) is 14.3. The molecule has 0 spiro atoms. The lowest BCUT2D eigenvalue weighted by Gasteiger charge is -2.29. The highest BCUT2D eigenvalue weighted by Crippen LogP contribution is 2.47. The Hall–Kier alpha value is -1.41. The van der Waals surface area contributed by atoms with Crippen molar-refractivity contribution < 1.29 is 0 Å². The van der Waals surface area contributed by atoms with Crippen LogP contribution in [0.5, 0.6) is 0 Å². The van der Waals surface area contributed by atoms with E-state index in [9.17, 15) is 0 Å². The SMILES string of the molecule is C1=NC2C(=C3CCCCC13)Cc1cc(CNC3CCCC3)ccc12. The number of hydrogen-bond donors (Lipinski definition) is 1. The average molecular weight is 320 g/mol. The standard InChI is InChI=1S/C22H28N2/c1-4-8-19-16(5-1)14-24-22-20-10-9-15(11-17(20)12-21(19)22)13-23-18-6-2-3-7-18/h9-11,14,16,18,22-23H,1-8,12-13H2. The van der Waals surface area contributed by atoms with E-state index in [1.165, 1.54) is 68.1 Å². The van der Waals surface area contributed by atoms with E-state index in [-0.39, 0.29) is 0 Å². The molecule has 1 N–H and O–H groups in total. The van der Waals surface area contributed by atoms with Gasteiger partial charge in [-0.15, -0.1) is 0 Å². The van der Waals surface area contributed by atoms with Crippen molar-refractivity contribution in [3.05, 3.63) is 46.0 Å². The fraction of sp³-hybridized carbons (Fsp3) is 0.591. The number of fused-ring (bicyclic) bond motifs is 4. The van der Waals surface area contributed by atoms with Gasteiger partial charge in [0, 0.05) is 24.7 Å². The smallest absolute Gasteiger partial charge is 0.0964 e. The van der Waals surface area contributed by atoms with Crippen molar-refractivity contribution in [2.45, 2.75) is 76.4 Å². The summed E-state index contributed by atoms with van der Waals surface area (Å²) in [4.78, 5) is 4.96. The zero-order chi connectivity index (χ0) is 15.9. The molecule has 2 heteroatoms. The molecule has 2 nitrogen and oxygen atoms in total. The Kier molecular flexibility index (Phi) is 3.81. The van der Waals surface area contributed by atoms with Crippen LogP contribution in [0.25, 0.3) is 0 Å². The van der Waals surface area contributed by atoms with E-state index in [1.807, 2.05) is 0 Å². The summed E-state index contributed by atoms with van der Waals surface area (Å²) in [5.41, 5.74) is 7.86. The van der Waals surface area contributed by atoms with Crippen molar-refractivity contribution >= 4 is 6.21 Å². The minimum absolute atomic E-state index is 0.348. The molecular weight excluding hydrogens is 292 g/mol. The minimum atomic E-state index is 0.348. The molecule has 0 radical (unpaired) electrons. The number of nitrogens with one attached hydrogen (secondary N) is 1. The monoisotopic (exact) mass is 320 g/mol. The van der Waals surface area contributed by atoms with Gasteiger partial charge in [-0.05, 0) is 60.8 Å². The molecule has 3 aliphatic carbocycles. The molecule has 2 fully saturated rings. The minimum Gasteiger partial charge on any atom is -0.310 e. The third-order valence-corrected chi connectivity index (χ3v) is 6.65. The second-order valence-corrected chi connectivity index (χ2v) is 8.18. The lowest BCUT2D eigenvalue weighted by Crippen LogP contribution is -2.25. The van der Waals surface area contributed by atoms with Crippen LogP contribution >= 0.6 is 0 Å². The second kappa shape index (κ2) is 6.15. The molecule has 2 saturated carbocycles. The molecule has 2 unspecified atom stereocenters. The van der Waals surface area contributed by atoms with Crippen LogP contribution in [0, 0.1) is 5.92 Å². The van der Waals surface area contributed by atoms with Crippen LogP contribution in [0.4, 0.5) is 0 Å². The van der Waals surface area contributed by atoms with E-state index >= 15 is 0 Å². The van der Waals surface area contributed by atoms with E-state index in [0.717, 1.165) is 19.0 Å². The van der Waals surface area contributed by atoms with Gasteiger partial charge in [0.05, 0.1) is 6.04 Å². The van der Waals surface area contributed by atoms with Crippen molar-refractivity contribution in [1.29, 1.82) is 0 Å². The van der Waals surface area contributed by atoms with Crippen LogP contribution in [0.2, 0.25) is 0 Å². The van der Waals surface area contributed by atoms with Crippen molar-refractivity contribution in [3.8, 4) is 0 Å². The zero-order valence-corrected chi connectivity index (χ0v) is 14.6. The summed E-state index contributed by atoms with van der Waals surface area (Å²) in [6.45, 7) is 1.03. The highest BCUT2D eigenvalue weighted by molar-refractivity contribution is 5.71. The Bertz CT molecular complexity index is 694. The lowest BCUT2D eigenvalue weighted by atomic mass is 9.79. The van der Waals surface area contributed by atoms with Gasteiger partial charge >= 0.3 is 0 Å². The first-order valence-electron chi connectivity index (χ1n) is 9.98. The Morgan fingerprint density at radius 2 is 1.88 bits per heavy atom.